The molecule has 9 aromatic rings. The highest BCUT2D eigenvalue weighted by Crippen LogP contribution is 2.36. The van der Waals surface area contributed by atoms with Gasteiger partial charge in [-0.2, -0.15) is 15.0 Å². The molecule has 5 aliphatic rings. The fourth-order valence-electron chi connectivity index (χ4n) is 12.9. The molecule has 0 aromatic carbocycles. The van der Waals surface area contributed by atoms with Crippen molar-refractivity contribution in [2.75, 3.05) is 61.8 Å². The van der Waals surface area contributed by atoms with Gasteiger partial charge >= 0.3 is 18.0 Å². The van der Waals surface area contributed by atoms with Crippen LogP contribution in [0.5, 0.6) is 18.0 Å². The highest BCUT2D eigenvalue weighted by atomic mass is 32.1. The standard InChI is InChI=1S/C26H35N7OS.C26H34N6OS.C21H25N5OS/c1-3-32-11-13-33(14-12-32)18-20-9-10-27-24(16-20)31-26-28-17-23(35-26)22-15-19(2)29-25(30-22)34-21-7-5-4-6-8-21;1-18-9-12-32(13-10-18)17-20-8-11-27-24(15-20)31-26-28-16-23(34-26)22-14-19(2)29-25(30-22)33-21-6-4-3-5-7-21;1-3-15-9-10-22-19(12-15)26-21-23-13-18(28-21)17-11-14(2)24-20(25-17)27-16-7-5-4-6-8-16/h9-10,15-17,21H,3-8,11-14,18H2,1-2H3,(H,27,28,31);8,11,14-16,18,21H,3-7,9-10,12-13,17H2,1-2H3,(H,27,28,31);9-13,16H,3-8H2,1-2H3,(H,22,23,26). The molecule has 0 spiro atoms. The number of nitrogens with zero attached hydrogens (tertiary/aromatic N) is 15. The molecule has 0 bridgehead atoms. The summed E-state index contributed by atoms with van der Waals surface area (Å²) in [7, 11) is 0. The van der Waals surface area contributed by atoms with Gasteiger partial charge in [0.1, 0.15) is 35.8 Å². The minimum Gasteiger partial charge on any atom is -0.460 e. The van der Waals surface area contributed by atoms with Crippen molar-refractivity contribution in [1.29, 1.82) is 0 Å². The maximum absolute atomic E-state index is 6.12. The molecule has 21 nitrogen and oxygen atoms in total. The van der Waals surface area contributed by atoms with Crippen LogP contribution >= 0.6 is 34.0 Å². The molecule has 0 unspecified atom stereocenters. The maximum Gasteiger partial charge on any atom is 0.317 e. The molecule has 2 saturated heterocycles. The fraction of sp³-hybridized carbons (Fsp3) is 0.507. The van der Waals surface area contributed by atoms with Crippen LogP contribution in [0.3, 0.4) is 0 Å². The Balaban J connectivity index is 0.000000140. The Morgan fingerprint density at radius 2 is 0.742 bits per heavy atom. The van der Waals surface area contributed by atoms with Crippen molar-refractivity contribution in [2.24, 2.45) is 5.92 Å². The van der Waals surface area contributed by atoms with E-state index in [2.05, 4.69) is 126 Å². The fourth-order valence-corrected chi connectivity index (χ4v) is 15.2. The second kappa shape index (κ2) is 34.7. The van der Waals surface area contributed by atoms with E-state index in [1.165, 1.54) is 100 Å². The van der Waals surface area contributed by atoms with Crippen LogP contribution in [-0.4, -0.2) is 139 Å². The number of piperidine rings is 1. The predicted octanol–water partition coefficient (Wildman–Crippen LogP) is 16.2. The quantitative estimate of drug-likeness (QED) is 0.0607. The van der Waals surface area contributed by atoms with Crippen LogP contribution < -0.4 is 30.2 Å². The first kappa shape index (κ1) is 69.2. The highest BCUT2D eigenvalue weighted by molar-refractivity contribution is 7.19. The van der Waals surface area contributed by atoms with Gasteiger partial charge in [0.15, 0.2) is 15.4 Å². The lowest BCUT2D eigenvalue weighted by Gasteiger charge is -2.34. The van der Waals surface area contributed by atoms with Gasteiger partial charge in [-0.1, -0.05) is 74.0 Å². The lowest BCUT2D eigenvalue weighted by Crippen LogP contribution is -2.45. The van der Waals surface area contributed by atoms with Gasteiger partial charge in [0.05, 0.1) is 31.7 Å². The van der Waals surface area contributed by atoms with Crippen molar-refractivity contribution in [3.8, 4) is 49.7 Å². The Morgan fingerprint density at radius 3 is 1.10 bits per heavy atom. The summed E-state index contributed by atoms with van der Waals surface area (Å²) in [5.41, 5.74) is 9.03. The minimum absolute atomic E-state index is 0.228. The molecule has 3 saturated carbocycles. The van der Waals surface area contributed by atoms with Crippen molar-refractivity contribution >= 4 is 66.9 Å². The van der Waals surface area contributed by atoms with Crippen molar-refractivity contribution < 1.29 is 14.2 Å². The van der Waals surface area contributed by atoms with Crippen LogP contribution in [0.2, 0.25) is 0 Å². The van der Waals surface area contributed by atoms with Gasteiger partial charge in [-0.05, 0) is 214 Å². The van der Waals surface area contributed by atoms with E-state index in [0.29, 0.717) is 18.0 Å². The largest absolute Gasteiger partial charge is 0.460 e. The number of pyridine rings is 3. The summed E-state index contributed by atoms with van der Waals surface area (Å²) in [6.45, 7) is 22.6. The van der Waals surface area contributed by atoms with Gasteiger partial charge in [-0.15, -0.1) is 0 Å². The Labute approximate surface area is 583 Å². The van der Waals surface area contributed by atoms with Gasteiger partial charge in [0.25, 0.3) is 0 Å². The van der Waals surface area contributed by atoms with Gasteiger partial charge in [0.2, 0.25) is 0 Å². The highest BCUT2D eigenvalue weighted by Gasteiger charge is 2.23. The first-order valence-electron chi connectivity index (χ1n) is 35.2. The first-order valence-corrected chi connectivity index (χ1v) is 37.7. The Hall–Kier alpha value is -7.74. The zero-order valence-corrected chi connectivity index (χ0v) is 59.7. The smallest absolute Gasteiger partial charge is 0.317 e. The van der Waals surface area contributed by atoms with Crippen LogP contribution in [0.15, 0.2) is 91.8 Å². The van der Waals surface area contributed by atoms with E-state index in [9.17, 15) is 0 Å². The second-order valence-electron chi connectivity index (χ2n) is 26.3. The van der Waals surface area contributed by atoms with Crippen LogP contribution in [0.1, 0.15) is 164 Å². The number of aryl methyl sites for hydroxylation is 4. The zero-order chi connectivity index (χ0) is 66.7. The number of anilines is 6. The summed E-state index contributed by atoms with van der Waals surface area (Å²) in [6, 6.07) is 19.9. The molecular weight excluding hydrogens is 1270 g/mol. The number of thiazole rings is 3. The molecular formula is C73H94N18O3S3. The van der Waals surface area contributed by atoms with E-state index in [1.807, 2.05) is 88.3 Å². The summed E-state index contributed by atoms with van der Waals surface area (Å²) in [5.74, 6) is 3.29. The molecule has 11 heterocycles. The average Bonchev–Trinajstić information content (AvgIpc) is 1.91. The molecule has 512 valence electrons. The zero-order valence-electron chi connectivity index (χ0n) is 57.2. The topological polar surface area (TPSA) is 228 Å². The molecule has 2 aliphatic heterocycles. The molecule has 3 aliphatic carbocycles. The number of rotatable bonds is 21. The summed E-state index contributed by atoms with van der Waals surface area (Å²) in [6.07, 6.45) is 33.1. The number of piperazine rings is 1. The minimum atomic E-state index is 0.228. The predicted molar refractivity (Wildman–Crippen MR) is 389 cm³/mol. The van der Waals surface area contributed by atoms with E-state index >= 15 is 0 Å². The van der Waals surface area contributed by atoms with E-state index in [-0.39, 0.29) is 18.3 Å². The summed E-state index contributed by atoms with van der Waals surface area (Å²) in [5, 5.41) is 12.4. The summed E-state index contributed by atoms with van der Waals surface area (Å²) < 4.78 is 18.3. The van der Waals surface area contributed by atoms with Gasteiger partial charge in [0, 0.05) is 93.5 Å². The summed E-state index contributed by atoms with van der Waals surface area (Å²) in [4.78, 5) is 65.0. The molecule has 14 rings (SSSR count). The third-order valence-electron chi connectivity index (χ3n) is 18.4. The molecule has 0 radical (unpaired) electrons. The van der Waals surface area contributed by atoms with Crippen LogP contribution in [-0.2, 0) is 19.5 Å². The van der Waals surface area contributed by atoms with Crippen LogP contribution in [0.25, 0.3) is 31.7 Å². The number of aromatic nitrogens is 12. The molecule has 97 heavy (non-hydrogen) atoms. The lowest BCUT2D eigenvalue weighted by molar-refractivity contribution is 0.132. The number of likely N-dealkylation sites (tertiary alicyclic amines) is 1. The second-order valence-corrected chi connectivity index (χ2v) is 29.4. The molecule has 5 fully saturated rings. The van der Waals surface area contributed by atoms with Gasteiger partial charge < -0.3 is 35.1 Å². The van der Waals surface area contributed by atoms with E-state index in [4.69, 9.17) is 24.2 Å². The van der Waals surface area contributed by atoms with Crippen molar-refractivity contribution in [1.82, 2.24) is 74.5 Å². The molecule has 3 N–H and O–H groups in total. The van der Waals surface area contributed by atoms with Crippen molar-refractivity contribution in [3.05, 3.63) is 126 Å². The SMILES string of the molecule is CCN1CCN(Cc2ccnc(Nc3ncc(-c4cc(C)nc(OC5CCCCC5)n4)s3)c2)CC1.CCc1ccnc(Nc2ncc(-c3cc(C)nc(OC4CCCCC4)n3)s2)c1.Cc1cc(-c2cnc(Nc3cc(CN4CCC(C)CC4)ccn3)s2)nc(OC2CCCCC2)n1. The maximum atomic E-state index is 6.12. The van der Waals surface area contributed by atoms with Gasteiger partial charge in [-0.3, -0.25) is 9.80 Å². The molecule has 0 amide bonds. The molecule has 24 heteroatoms. The number of likely N-dealkylation sites (N-methyl/N-ethyl adjacent to an activating group) is 1. The van der Waals surface area contributed by atoms with Crippen molar-refractivity contribution in [2.45, 2.75) is 189 Å². The van der Waals surface area contributed by atoms with Crippen LogP contribution in [0.4, 0.5) is 32.8 Å². The number of ether oxygens (including phenoxy) is 3. The summed E-state index contributed by atoms with van der Waals surface area (Å²) >= 11 is 4.68. The van der Waals surface area contributed by atoms with Crippen molar-refractivity contribution in [3.63, 3.8) is 0 Å². The lowest BCUT2D eigenvalue weighted by atomic mass is 9.98. The number of hydrogen-bond donors (Lipinski definition) is 3. The monoisotopic (exact) mass is 1370 g/mol. The average molecular weight is 1370 g/mol. The van der Waals surface area contributed by atoms with E-state index < -0.39 is 0 Å². The Morgan fingerprint density at radius 1 is 0.402 bits per heavy atom. The van der Waals surface area contributed by atoms with Gasteiger partial charge in [-0.25, -0.2) is 44.9 Å². The third-order valence-corrected chi connectivity index (χ3v) is 21.2. The third kappa shape index (κ3) is 20.9. The van der Waals surface area contributed by atoms with Crippen LogP contribution in [0, 0.1) is 26.7 Å². The normalized spacial score (nSPS) is 17.1. The van der Waals surface area contributed by atoms with E-state index in [1.54, 1.807) is 34.0 Å². The Kier molecular flexibility index (Phi) is 24.7. The number of hydrogen-bond acceptors (Lipinski definition) is 24. The Bertz CT molecular complexity index is 3930. The number of nitrogens with one attached hydrogen (secondary N) is 3. The van der Waals surface area contributed by atoms with E-state index in [0.717, 1.165) is 178 Å². The molecule has 9 aromatic heterocycles. The molecule has 0 atom stereocenters. The first-order chi connectivity index (χ1) is 47.4.